The molecule has 2 aliphatic carbocycles. The van der Waals surface area contributed by atoms with Crippen LogP contribution in [0.25, 0.3) is 0 Å². The second kappa shape index (κ2) is 14.8. The minimum absolute atomic E-state index is 0.100. The Balaban J connectivity index is 1.36. The van der Waals surface area contributed by atoms with Crippen molar-refractivity contribution in [3.63, 3.8) is 0 Å². The molecule has 1 heterocycles. The quantitative estimate of drug-likeness (QED) is 0.243. The van der Waals surface area contributed by atoms with Crippen molar-refractivity contribution < 1.29 is 23.9 Å². The number of fused-ring (bicyclic) bond motifs is 1. The summed E-state index contributed by atoms with van der Waals surface area (Å²) in [7, 11) is 0. The highest BCUT2D eigenvalue weighted by molar-refractivity contribution is 6.30. The summed E-state index contributed by atoms with van der Waals surface area (Å²) in [6.45, 7) is 4.63. The second-order valence-corrected chi connectivity index (χ2v) is 14.0. The van der Waals surface area contributed by atoms with Gasteiger partial charge in [0, 0.05) is 22.9 Å². The highest BCUT2D eigenvalue weighted by atomic mass is 35.5. The fourth-order valence-corrected chi connectivity index (χ4v) is 7.50. The molecule has 45 heavy (non-hydrogen) atoms. The molecule has 3 aliphatic rings. The number of aldehydes is 1. The number of carbonyl (C=O) groups excluding carboxylic acids is 4. The van der Waals surface area contributed by atoms with E-state index in [1.54, 1.807) is 0 Å². The number of benzene rings is 2. The Kier molecular flexibility index (Phi) is 10.9. The van der Waals surface area contributed by atoms with Gasteiger partial charge in [-0.05, 0) is 78.8 Å². The van der Waals surface area contributed by atoms with Crippen LogP contribution in [0, 0.1) is 11.8 Å². The summed E-state index contributed by atoms with van der Waals surface area (Å²) in [5.41, 5.74) is 3.76. The molecule has 1 aliphatic heterocycles. The number of aryl methyl sites for hydroxylation is 2. The van der Waals surface area contributed by atoms with E-state index in [1.165, 1.54) is 17.5 Å². The Morgan fingerprint density at radius 2 is 1.78 bits per heavy atom. The molecular formula is C36H46ClN3O5. The molecule has 0 spiro atoms. The van der Waals surface area contributed by atoms with Crippen molar-refractivity contribution in [2.45, 2.75) is 108 Å². The van der Waals surface area contributed by atoms with Crippen LogP contribution in [0.4, 0.5) is 4.79 Å². The standard InChI is InChI=1S/C36H46ClN3O5/c1-36(2,28-12-7-13-29(37)21-28)32(26-15-14-24-10-6-11-25(24)19-26)45-35(44)40-31(18-23-8-4-3-5-9-23)34(43)39-30(22-41)20-27-16-17-38-33(27)42/h7,12-15,19,21-23,27,30-32H,3-6,8-11,16-18,20H2,1-2H3,(H,38,42)(H,39,43)(H,40,44)/t27-,30?,31?,32?/m0/s1. The summed E-state index contributed by atoms with van der Waals surface area (Å²) < 4.78 is 6.28. The Labute approximate surface area is 271 Å². The van der Waals surface area contributed by atoms with Crippen molar-refractivity contribution >= 4 is 35.8 Å². The number of halogens is 1. The fraction of sp³-hybridized carbons (Fsp3) is 0.556. The molecule has 9 heteroatoms. The smallest absolute Gasteiger partial charge is 0.408 e. The number of ether oxygens (including phenoxy) is 1. The van der Waals surface area contributed by atoms with E-state index in [9.17, 15) is 19.2 Å². The largest absolute Gasteiger partial charge is 0.440 e. The predicted octanol–water partition coefficient (Wildman–Crippen LogP) is 6.12. The number of alkyl carbamates (subject to hydrolysis) is 1. The molecule has 0 aromatic heterocycles. The third-order valence-electron chi connectivity index (χ3n) is 9.97. The molecule has 1 saturated heterocycles. The van der Waals surface area contributed by atoms with Gasteiger partial charge in [0.1, 0.15) is 18.4 Å². The maximum Gasteiger partial charge on any atom is 0.408 e. The van der Waals surface area contributed by atoms with E-state index in [0.717, 1.165) is 56.1 Å². The molecule has 5 rings (SSSR count). The number of nitrogens with one attached hydrogen (secondary N) is 3. The highest BCUT2D eigenvalue weighted by Crippen LogP contribution is 2.41. The molecule has 8 nitrogen and oxygen atoms in total. The zero-order valence-corrected chi connectivity index (χ0v) is 27.2. The Morgan fingerprint density at radius 1 is 1.00 bits per heavy atom. The van der Waals surface area contributed by atoms with Crippen LogP contribution in [0.5, 0.6) is 0 Å². The maximum absolute atomic E-state index is 13.8. The number of hydrogen-bond acceptors (Lipinski definition) is 5. The summed E-state index contributed by atoms with van der Waals surface area (Å²) >= 11 is 6.38. The van der Waals surface area contributed by atoms with Gasteiger partial charge in [0.05, 0.1) is 6.04 Å². The van der Waals surface area contributed by atoms with Crippen LogP contribution in [0.2, 0.25) is 5.02 Å². The highest BCUT2D eigenvalue weighted by Gasteiger charge is 2.38. The van der Waals surface area contributed by atoms with Crippen LogP contribution in [-0.2, 0) is 37.4 Å². The zero-order chi connectivity index (χ0) is 32.0. The van der Waals surface area contributed by atoms with E-state index in [2.05, 4.69) is 28.1 Å². The van der Waals surface area contributed by atoms with Crippen LogP contribution in [0.3, 0.4) is 0 Å². The molecule has 4 atom stereocenters. The topological polar surface area (TPSA) is 114 Å². The van der Waals surface area contributed by atoms with Crippen LogP contribution in [0.1, 0.15) is 100.0 Å². The maximum atomic E-state index is 13.8. The van der Waals surface area contributed by atoms with E-state index >= 15 is 0 Å². The van der Waals surface area contributed by atoms with E-state index in [4.69, 9.17) is 16.3 Å². The van der Waals surface area contributed by atoms with Crippen molar-refractivity contribution in [2.75, 3.05) is 6.54 Å². The molecule has 1 saturated carbocycles. The van der Waals surface area contributed by atoms with Gasteiger partial charge in [-0.15, -0.1) is 0 Å². The molecule has 3 amide bonds. The first-order valence-corrected chi connectivity index (χ1v) is 16.9. The lowest BCUT2D eigenvalue weighted by Gasteiger charge is -2.35. The van der Waals surface area contributed by atoms with E-state index < -0.39 is 35.6 Å². The lowest BCUT2D eigenvalue weighted by Crippen LogP contribution is -2.52. The van der Waals surface area contributed by atoms with Crippen molar-refractivity contribution in [1.29, 1.82) is 0 Å². The van der Waals surface area contributed by atoms with Crippen LogP contribution >= 0.6 is 11.6 Å². The molecule has 2 aromatic rings. The van der Waals surface area contributed by atoms with Crippen molar-refractivity contribution in [1.82, 2.24) is 16.0 Å². The molecule has 0 radical (unpaired) electrons. The average molecular weight is 636 g/mol. The Bertz CT molecular complexity index is 1390. The number of hydrogen-bond donors (Lipinski definition) is 3. The van der Waals surface area contributed by atoms with Gasteiger partial charge < -0.3 is 25.5 Å². The molecule has 242 valence electrons. The monoisotopic (exact) mass is 635 g/mol. The number of amides is 3. The normalized spacial score (nSPS) is 20.4. The second-order valence-electron chi connectivity index (χ2n) is 13.6. The first kappa shape index (κ1) is 33.0. The number of carbonyl (C=O) groups is 4. The average Bonchev–Trinajstić information content (AvgIpc) is 3.67. The minimum atomic E-state index is -0.879. The van der Waals surface area contributed by atoms with Gasteiger partial charge in [-0.1, -0.05) is 87.9 Å². The molecule has 2 aromatic carbocycles. The molecule has 2 fully saturated rings. The molecule has 3 N–H and O–H groups in total. The summed E-state index contributed by atoms with van der Waals surface area (Å²) in [5.74, 6) is -0.579. The summed E-state index contributed by atoms with van der Waals surface area (Å²) in [6.07, 6.45) is 9.10. The zero-order valence-electron chi connectivity index (χ0n) is 26.4. The third kappa shape index (κ3) is 8.26. The summed E-state index contributed by atoms with van der Waals surface area (Å²) in [6, 6.07) is 12.2. The fourth-order valence-electron chi connectivity index (χ4n) is 7.31. The number of rotatable bonds is 12. The molecular weight excluding hydrogens is 590 g/mol. The van der Waals surface area contributed by atoms with Crippen molar-refractivity contribution in [3.05, 3.63) is 69.7 Å². The SMILES string of the molecule is CC(C)(c1cccc(Cl)c1)C(OC(=O)NC(CC1CCCCC1)C(=O)NC(C=O)C[C@@H]1CCNC1=O)c1ccc2c(c1)CCC2. The van der Waals surface area contributed by atoms with Crippen LogP contribution in [-0.4, -0.2) is 42.8 Å². The van der Waals surface area contributed by atoms with E-state index in [0.29, 0.717) is 30.7 Å². The minimum Gasteiger partial charge on any atom is -0.440 e. The first-order chi connectivity index (χ1) is 21.6. The van der Waals surface area contributed by atoms with Gasteiger partial charge in [0.15, 0.2) is 0 Å². The van der Waals surface area contributed by atoms with Crippen molar-refractivity contribution in [2.24, 2.45) is 11.8 Å². The van der Waals surface area contributed by atoms with Crippen LogP contribution < -0.4 is 16.0 Å². The summed E-state index contributed by atoms with van der Waals surface area (Å²) in [4.78, 5) is 51.5. The van der Waals surface area contributed by atoms with Crippen molar-refractivity contribution in [3.8, 4) is 0 Å². The first-order valence-electron chi connectivity index (χ1n) is 16.5. The van der Waals surface area contributed by atoms with Gasteiger partial charge >= 0.3 is 6.09 Å². The van der Waals surface area contributed by atoms with Gasteiger partial charge in [0.25, 0.3) is 0 Å². The lowest BCUT2D eigenvalue weighted by atomic mass is 9.76. The Morgan fingerprint density at radius 3 is 2.49 bits per heavy atom. The van der Waals surface area contributed by atoms with Gasteiger partial charge in [0.2, 0.25) is 11.8 Å². The lowest BCUT2D eigenvalue weighted by molar-refractivity contribution is -0.127. The third-order valence-corrected chi connectivity index (χ3v) is 10.2. The van der Waals surface area contributed by atoms with Crippen LogP contribution in [0.15, 0.2) is 42.5 Å². The summed E-state index contributed by atoms with van der Waals surface area (Å²) in [5, 5.41) is 9.08. The van der Waals surface area contributed by atoms with Gasteiger partial charge in [-0.3, -0.25) is 9.59 Å². The van der Waals surface area contributed by atoms with Gasteiger partial charge in [-0.2, -0.15) is 0 Å². The van der Waals surface area contributed by atoms with Gasteiger partial charge in [-0.25, -0.2) is 4.79 Å². The molecule has 0 bridgehead atoms. The van der Waals surface area contributed by atoms with E-state index in [1.807, 2.05) is 44.2 Å². The van der Waals surface area contributed by atoms with E-state index in [-0.39, 0.29) is 24.2 Å². The Hall–Kier alpha value is -3.39. The predicted molar refractivity (Wildman–Crippen MR) is 174 cm³/mol. The molecule has 3 unspecified atom stereocenters.